The number of urea groups is 1. The van der Waals surface area contributed by atoms with Gasteiger partial charge in [-0.1, -0.05) is 36.3 Å². The fourth-order valence-corrected chi connectivity index (χ4v) is 7.21. The number of nitrogens with zero attached hydrogens (tertiary/aromatic N) is 3. The first-order valence-corrected chi connectivity index (χ1v) is 13.0. The summed E-state index contributed by atoms with van der Waals surface area (Å²) in [5, 5.41) is 2.78. The maximum absolute atomic E-state index is 13.4. The van der Waals surface area contributed by atoms with Crippen LogP contribution in [0.2, 0.25) is 0 Å². The van der Waals surface area contributed by atoms with Crippen molar-refractivity contribution in [3.05, 3.63) is 42.0 Å². The third-order valence-corrected chi connectivity index (χ3v) is 8.66. The minimum atomic E-state index is -0.643. The molecular formula is C27H34N4O3. The minimum Gasteiger partial charge on any atom is -0.336 e. The fourth-order valence-electron chi connectivity index (χ4n) is 7.21. The standard InChI is InChI=1S/C27H34N4O3/c32-24(12-11-22-26(33)31(27(34)28-22)21-8-2-1-3-9-21)30-14-6-7-18-15-19-16-20(25(18)30)17-29-13-5-4-10-23(19)29/h1-3,8-9,15,19-20,22-23,25H,4-7,10-14,16-17H2,(H,28,34)/t19-,20-,22-,23+,25+/m0/s1. The molecule has 2 bridgehead atoms. The molecule has 4 heterocycles. The molecule has 4 saturated heterocycles. The molecule has 1 aromatic rings. The molecule has 4 fully saturated rings. The predicted molar refractivity (Wildman–Crippen MR) is 129 cm³/mol. The van der Waals surface area contributed by atoms with Crippen molar-refractivity contribution < 1.29 is 14.4 Å². The summed E-state index contributed by atoms with van der Waals surface area (Å²) in [4.78, 5) is 44.8. The molecule has 0 saturated carbocycles. The Kier molecular flexibility index (Phi) is 5.68. The summed E-state index contributed by atoms with van der Waals surface area (Å²) >= 11 is 0. The summed E-state index contributed by atoms with van der Waals surface area (Å²) in [5.74, 6) is 1.02. The highest BCUT2D eigenvalue weighted by atomic mass is 16.2. The van der Waals surface area contributed by atoms with E-state index in [2.05, 4.69) is 21.2 Å². The second-order valence-corrected chi connectivity index (χ2v) is 10.6. The zero-order valence-electron chi connectivity index (χ0n) is 19.7. The van der Waals surface area contributed by atoms with Crippen molar-refractivity contribution in [3.63, 3.8) is 0 Å². The molecule has 4 aliphatic heterocycles. The largest absolute Gasteiger partial charge is 0.336 e. The van der Waals surface area contributed by atoms with E-state index in [9.17, 15) is 14.4 Å². The number of anilines is 1. The number of carbonyl (C=O) groups excluding carboxylic acids is 3. The molecule has 7 heteroatoms. The molecule has 1 aliphatic carbocycles. The Labute approximate surface area is 201 Å². The molecule has 6 rings (SSSR count). The molecule has 0 aromatic heterocycles. The van der Waals surface area contributed by atoms with Gasteiger partial charge in [-0.05, 0) is 69.0 Å². The predicted octanol–water partition coefficient (Wildman–Crippen LogP) is 3.31. The molecule has 0 radical (unpaired) electrons. The van der Waals surface area contributed by atoms with Gasteiger partial charge in [-0.15, -0.1) is 0 Å². The van der Waals surface area contributed by atoms with E-state index in [0.717, 1.165) is 25.9 Å². The van der Waals surface area contributed by atoms with Crippen LogP contribution in [0, 0.1) is 11.8 Å². The number of likely N-dealkylation sites (tertiary alicyclic amines) is 1. The first-order chi connectivity index (χ1) is 16.6. The van der Waals surface area contributed by atoms with Gasteiger partial charge in [0.2, 0.25) is 5.91 Å². The molecule has 1 N–H and O–H groups in total. The highest BCUT2D eigenvalue weighted by Gasteiger charge is 2.47. The quantitative estimate of drug-likeness (QED) is 0.550. The summed E-state index contributed by atoms with van der Waals surface area (Å²) in [6.07, 6.45) is 10.4. The van der Waals surface area contributed by atoms with Gasteiger partial charge in [0.15, 0.2) is 0 Å². The summed E-state index contributed by atoms with van der Waals surface area (Å²) in [6.45, 7) is 3.10. The van der Waals surface area contributed by atoms with Crippen LogP contribution in [0.5, 0.6) is 0 Å². The van der Waals surface area contributed by atoms with Crippen molar-refractivity contribution in [2.75, 3.05) is 24.5 Å². The Hall–Kier alpha value is -2.67. The van der Waals surface area contributed by atoms with Crippen LogP contribution < -0.4 is 10.2 Å². The monoisotopic (exact) mass is 462 g/mol. The van der Waals surface area contributed by atoms with Crippen LogP contribution in [-0.4, -0.2) is 65.4 Å². The van der Waals surface area contributed by atoms with Crippen LogP contribution in [-0.2, 0) is 9.59 Å². The van der Waals surface area contributed by atoms with E-state index in [0.29, 0.717) is 30.0 Å². The van der Waals surface area contributed by atoms with Crippen LogP contribution >= 0.6 is 0 Å². The second kappa shape index (κ2) is 8.84. The lowest BCUT2D eigenvalue weighted by Gasteiger charge is -2.54. The number of rotatable bonds is 4. The third-order valence-electron chi connectivity index (χ3n) is 8.66. The van der Waals surface area contributed by atoms with Crippen LogP contribution in [0.3, 0.4) is 0 Å². The van der Waals surface area contributed by atoms with E-state index in [1.54, 1.807) is 24.3 Å². The summed E-state index contributed by atoms with van der Waals surface area (Å²) in [5.41, 5.74) is 2.04. The highest BCUT2D eigenvalue weighted by molar-refractivity contribution is 6.21. The first kappa shape index (κ1) is 21.8. The number of nitrogens with one attached hydrogen (secondary N) is 1. The molecule has 34 heavy (non-hydrogen) atoms. The van der Waals surface area contributed by atoms with Gasteiger partial charge in [0.25, 0.3) is 5.91 Å². The van der Waals surface area contributed by atoms with E-state index in [-0.39, 0.29) is 24.3 Å². The molecule has 7 nitrogen and oxygen atoms in total. The smallest absolute Gasteiger partial charge is 0.329 e. The maximum atomic E-state index is 13.4. The molecule has 0 spiro atoms. The van der Waals surface area contributed by atoms with Crippen molar-refractivity contribution >= 4 is 23.5 Å². The average molecular weight is 463 g/mol. The van der Waals surface area contributed by atoms with Gasteiger partial charge in [-0.2, -0.15) is 0 Å². The minimum absolute atomic E-state index is 0.120. The van der Waals surface area contributed by atoms with Crippen molar-refractivity contribution in [3.8, 4) is 0 Å². The van der Waals surface area contributed by atoms with Crippen molar-refractivity contribution in [2.45, 2.75) is 69.5 Å². The molecule has 5 aliphatic rings. The number of fused-ring (bicyclic) bond motifs is 6. The van der Waals surface area contributed by atoms with Crippen molar-refractivity contribution in [1.29, 1.82) is 0 Å². The first-order valence-electron chi connectivity index (χ1n) is 13.0. The van der Waals surface area contributed by atoms with E-state index >= 15 is 0 Å². The molecule has 0 unspecified atom stereocenters. The van der Waals surface area contributed by atoms with E-state index < -0.39 is 12.1 Å². The Morgan fingerprint density at radius 2 is 1.91 bits per heavy atom. The zero-order valence-corrected chi connectivity index (χ0v) is 19.7. The van der Waals surface area contributed by atoms with Crippen molar-refractivity contribution in [1.82, 2.24) is 15.1 Å². The normalized spacial score (nSPS) is 33.2. The Morgan fingerprint density at radius 3 is 2.76 bits per heavy atom. The van der Waals surface area contributed by atoms with Gasteiger partial charge < -0.3 is 10.2 Å². The number of carbonyl (C=O) groups is 3. The Morgan fingerprint density at radius 1 is 1.06 bits per heavy atom. The number of hydrogen-bond donors (Lipinski definition) is 1. The maximum Gasteiger partial charge on any atom is 0.329 e. The van der Waals surface area contributed by atoms with E-state index in [1.165, 1.54) is 42.7 Å². The molecule has 1 aromatic carbocycles. The van der Waals surface area contributed by atoms with E-state index in [1.807, 2.05) is 6.07 Å². The summed E-state index contributed by atoms with van der Waals surface area (Å²) in [6, 6.07) is 8.83. The lowest BCUT2D eigenvalue weighted by atomic mass is 9.68. The molecular weight excluding hydrogens is 428 g/mol. The topological polar surface area (TPSA) is 73.0 Å². The molecule has 4 amide bonds. The van der Waals surface area contributed by atoms with E-state index in [4.69, 9.17) is 0 Å². The lowest BCUT2D eigenvalue weighted by molar-refractivity contribution is -0.136. The highest BCUT2D eigenvalue weighted by Crippen LogP contribution is 2.45. The van der Waals surface area contributed by atoms with Gasteiger partial charge in [0.1, 0.15) is 6.04 Å². The van der Waals surface area contributed by atoms with Gasteiger partial charge in [-0.25, -0.2) is 9.69 Å². The van der Waals surface area contributed by atoms with Crippen molar-refractivity contribution in [2.24, 2.45) is 11.8 Å². The van der Waals surface area contributed by atoms with Gasteiger partial charge in [0.05, 0.1) is 11.7 Å². The summed E-state index contributed by atoms with van der Waals surface area (Å²) in [7, 11) is 0. The van der Waals surface area contributed by atoms with Gasteiger partial charge >= 0.3 is 6.03 Å². The fraction of sp³-hybridized carbons (Fsp3) is 0.593. The van der Waals surface area contributed by atoms with Gasteiger partial charge in [-0.3, -0.25) is 14.5 Å². The number of hydrogen-bond acceptors (Lipinski definition) is 4. The number of imide groups is 1. The third kappa shape index (κ3) is 3.74. The average Bonchev–Trinajstić information content (AvgIpc) is 3.15. The van der Waals surface area contributed by atoms with Crippen LogP contribution in [0.25, 0.3) is 0 Å². The molecule has 5 atom stereocenters. The SMILES string of the molecule is O=C1N[C@@H](CCC(=O)N2CCCC3=C[C@H]4C[C@@H](CN5CCCC[C@H]45)[C@@H]32)C(=O)N1c1ccccc1. The van der Waals surface area contributed by atoms with Crippen LogP contribution in [0.1, 0.15) is 51.4 Å². The number of benzene rings is 1. The number of para-hydroxylation sites is 1. The van der Waals surface area contributed by atoms with Gasteiger partial charge in [0, 0.05) is 25.6 Å². The lowest BCUT2D eigenvalue weighted by Crippen LogP contribution is -2.60. The zero-order chi connectivity index (χ0) is 23.2. The summed E-state index contributed by atoms with van der Waals surface area (Å²) < 4.78 is 0. The Bertz CT molecular complexity index is 1010. The second-order valence-electron chi connectivity index (χ2n) is 10.6. The Balaban J connectivity index is 1.13. The molecule has 180 valence electrons. The number of amides is 4. The number of piperidine rings is 3. The van der Waals surface area contributed by atoms with Crippen LogP contribution in [0.15, 0.2) is 42.0 Å². The van der Waals surface area contributed by atoms with Crippen LogP contribution in [0.4, 0.5) is 10.5 Å².